The van der Waals surface area contributed by atoms with E-state index < -0.39 is 6.04 Å². The lowest BCUT2D eigenvalue weighted by atomic mass is 9.89. The van der Waals surface area contributed by atoms with E-state index >= 15 is 0 Å². The number of amides is 1. The average molecular weight is 448 g/mol. The fourth-order valence-electron chi connectivity index (χ4n) is 4.22. The van der Waals surface area contributed by atoms with Crippen LogP contribution < -0.4 is 20.3 Å². The second-order valence-electron chi connectivity index (χ2n) is 8.36. The zero-order valence-corrected chi connectivity index (χ0v) is 19.5. The largest absolute Gasteiger partial charge is 0.497 e. The number of rotatable bonds is 6. The van der Waals surface area contributed by atoms with Gasteiger partial charge in [0.25, 0.3) is 5.56 Å². The number of aromatic nitrogens is 2. The molecule has 4 rings (SSSR count). The van der Waals surface area contributed by atoms with Gasteiger partial charge in [-0.25, -0.2) is 4.68 Å². The van der Waals surface area contributed by atoms with Crippen LogP contribution in [0.4, 0.5) is 5.69 Å². The lowest BCUT2D eigenvalue weighted by molar-refractivity contribution is -0.119. The van der Waals surface area contributed by atoms with Crippen molar-refractivity contribution in [1.29, 1.82) is 0 Å². The van der Waals surface area contributed by atoms with E-state index in [0.717, 1.165) is 47.2 Å². The zero-order chi connectivity index (χ0) is 23.5. The second-order valence-corrected chi connectivity index (χ2v) is 8.36. The van der Waals surface area contributed by atoms with Crippen LogP contribution in [0.15, 0.2) is 47.3 Å². The Morgan fingerprint density at radius 1 is 1.03 bits per heavy atom. The monoisotopic (exact) mass is 447 g/mol. The van der Waals surface area contributed by atoms with Gasteiger partial charge in [-0.15, -0.1) is 0 Å². The van der Waals surface area contributed by atoms with Crippen molar-refractivity contribution in [3.63, 3.8) is 0 Å². The van der Waals surface area contributed by atoms with Crippen molar-refractivity contribution in [2.24, 2.45) is 0 Å². The molecule has 1 atom stereocenters. The van der Waals surface area contributed by atoms with Crippen LogP contribution >= 0.6 is 0 Å². The maximum absolute atomic E-state index is 13.3. The molecule has 3 aromatic rings. The number of ether oxygens (including phenoxy) is 2. The number of nitrogens with zero attached hydrogens (tertiary/aromatic N) is 2. The summed E-state index contributed by atoms with van der Waals surface area (Å²) >= 11 is 0. The molecule has 0 aliphatic heterocycles. The topological polar surface area (TPSA) is 82.4 Å². The molecule has 0 radical (unpaired) electrons. The quantitative estimate of drug-likeness (QED) is 0.609. The van der Waals surface area contributed by atoms with E-state index in [1.54, 1.807) is 32.2 Å². The van der Waals surface area contributed by atoms with Crippen molar-refractivity contribution in [3.8, 4) is 22.8 Å². The molecule has 33 heavy (non-hydrogen) atoms. The van der Waals surface area contributed by atoms with Crippen LogP contribution in [0.5, 0.6) is 11.5 Å². The molecule has 172 valence electrons. The minimum Gasteiger partial charge on any atom is -0.497 e. The van der Waals surface area contributed by atoms with Crippen molar-refractivity contribution in [2.75, 3.05) is 19.5 Å². The van der Waals surface area contributed by atoms with Crippen molar-refractivity contribution >= 4 is 11.6 Å². The van der Waals surface area contributed by atoms with Crippen molar-refractivity contribution in [2.45, 2.75) is 45.6 Å². The fraction of sp³-hybridized carbons (Fsp3) is 0.346. The summed E-state index contributed by atoms with van der Waals surface area (Å²) in [6, 6.07) is 12.5. The molecular weight excluding hydrogens is 418 g/mol. The summed E-state index contributed by atoms with van der Waals surface area (Å²) in [6.45, 7) is 3.72. The predicted molar refractivity (Wildman–Crippen MR) is 128 cm³/mol. The summed E-state index contributed by atoms with van der Waals surface area (Å²) in [5.41, 5.74) is 4.94. The molecule has 0 saturated heterocycles. The highest BCUT2D eigenvalue weighted by Gasteiger charge is 2.26. The standard InChI is InChI=1S/C26H29N3O4/c1-16-9-11-18(12-10-16)24-20-7-5-6-8-21(20)26(31)29(28-24)17(2)25(30)27-22-15-19(32-3)13-14-23(22)33-4/h9-15,17H,5-8H2,1-4H3,(H,27,30)/t17-/m0/s1. The molecule has 0 saturated carbocycles. The van der Waals surface area contributed by atoms with E-state index in [9.17, 15) is 9.59 Å². The number of fused-ring (bicyclic) bond motifs is 1. The number of nitrogens with one attached hydrogen (secondary N) is 1. The number of benzene rings is 2. The SMILES string of the molecule is COc1ccc(OC)c(NC(=O)[C@H](C)n2nc(-c3ccc(C)cc3)c3c(c2=O)CCCC3)c1. The van der Waals surface area contributed by atoms with Crippen LogP contribution in [0, 0.1) is 6.92 Å². The molecule has 1 aliphatic carbocycles. The second kappa shape index (κ2) is 9.48. The Bertz CT molecular complexity index is 1230. The van der Waals surface area contributed by atoms with Gasteiger partial charge in [0.15, 0.2) is 0 Å². The molecule has 1 aromatic heterocycles. The van der Waals surface area contributed by atoms with Crippen LogP contribution in [-0.4, -0.2) is 29.9 Å². The summed E-state index contributed by atoms with van der Waals surface area (Å²) < 4.78 is 11.9. The van der Waals surface area contributed by atoms with E-state index in [1.807, 2.05) is 31.2 Å². The van der Waals surface area contributed by atoms with E-state index in [1.165, 1.54) is 11.8 Å². The van der Waals surface area contributed by atoms with Gasteiger partial charge in [0.2, 0.25) is 5.91 Å². The summed E-state index contributed by atoms with van der Waals surface area (Å²) in [5, 5.41) is 7.58. The molecular formula is C26H29N3O4. The lowest BCUT2D eigenvalue weighted by Crippen LogP contribution is -2.37. The third-order valence-corrected chi connectivity index (χ3v) is 6.16. The molecule has 1 heterocycles. The maximum Gasteiger partial charge on any atom is 0.271 e. The first-order chi connectivity index (χ1) is 15.9. The van der Waals surface area contributed by atoms with Gasteiger partial charge in [0, 0.05) is 17.2 Å². The third-order valence-electron chi connectivity index (χ3n) is 6.16. The molecule has 1 N–H and O–H groups in total. The fourth-order valence-corrected chi connectivity index (χ4v) is 4.22. The lowest BCUT2D eigenvalue weighted by Gasteiger charge is -2.23. The molecule has 0 bridgehead atoms. The first-order valence-corrected chi connectivity index (χ1v) is 11.2. The van der Waals surface area contributed by atoms with Gasteiger partial charge in [0.1, 0.15) is 17.5 Å². The van der Waals surface area contributed by atoms with E-state index in [0.29, 0.717) is 23.6 Å². The smallest absolute Gasteiger partial charge is 0.271 e. The van der Waals surface area contributed by atoms with E-state index in [2.05, 4.69) is 5.32 Å². The van der Waals surface area contributed by atoms with Crippen LogP contribution in [-0.2, 0) is 17.6 Å². The first kappa shape index (κ1) is 22.6. The Labute approximate surface area is 193 Å². The zero-order valence-electron chi connectivity index (χ0n) is 19.5. The number of carbonyl (C=O) groups excluding carboxylic acids is 1. The summed E-state index contributed by atoms with van der Waals surface area (Å²) in [5.74, 6) is 0.730. The maximum atomic E-state index is 13.3. The molecule has 7 nitrogen and oxygen atoms in total. The summed E-state index contributed by atoms with van der Waals surface area (Å²) in [6.07, 6.45) is 3.51. The van der Waals surface area contributed by atoms with Crippen molar-refractivity contribution < 1.29 is 14.3 Å². The van der Waals surface area contributed by atoms with E-state index in [4.69, 9.17) is 14.6 Å². The van der Waals surface area contributed by atoms with Crippen molar-refractivity contribution in [1.82, 2.24) is 9.78 Å². The van der Waals surface area contributed by atoms with Gasteiger partial charge in [-0.05, 0) is 57.2 Å². The number of methoxy groups -OCH3 is 2. The van der Waals surface area contributed by atoms with Crippen LogP contribution in [0.25, 0.3) is 11.3 Å². The van der Waals surface area contributed by atoms with Gasteiger partial charge in [-0.1, -0.05) is 29.8 Å². The van der Waals surface area contributed by atoms with Gasteiger partial charge in [0.05, 0.1) is 25.6 Å². The van der Waals surface area contributed by atoms with Crippen LogP contribution in [0.1, 0.15) is 42.5 Å². The van der Waals surface area contributed by atoms with Gasteiger partial charge in [-0.3, -0.25) is 9.59 Å². The number of carbonyl (C=O) groups is 1. The molecule has 7 heteroatoms. The Hall–Kier alpha value is -3.61. The third kappa shape index (κ3) is 4.49. The van der Waals surface area contributed by atoms with Crippen LogP contribution in [0.3, 0.4) is 0 Å². The molecule has 2 aromatic carbocycles. The summed E-state index contributed by atoms with van der Waals surface area (Å²) in [7, 11) is 3.09. The average Bonchev–Trinajstić information content (AvgIpc) is 2.84. The Morgan fingerprint density at radius 2 is 1.73 bits per heavy atom. The molecule has 0 unspecified atom stereocenters. The van der Waals surface area contributed by atoms with E-state index in [-0.39, 0.29) is 11.5 Å². The highest BCUT2D eigenvalue weighted by atomic mass is 16.5. The Kier molecular flexibility index (Phi) is 6.49. The molecule has 1 amide bonds. The molecule has 1 aliphatic rings. The highest BCUT2D eigenvalue weighted by Crippen LogP contribution is 2.31. The highest BCUT2D eigenvalue weighted by molar-refractivity contribution is 5.95. The normalized spacial score (nSPS) is 13.7. The molecule has 0 spiro atoms. The minimum absolute atomic E-state index is 0.194. The van der Waals surface area contributed by atoms with Gasteiger partial charge >= 0.3 is 0 Å². The number of hydrogen-bond acceptors (Lipinski definition) is 5. The Balaban J connectivity index is 1.74. The van der Waals surface area contributed by atoms with Gasteiger partial charge < -0.3 is 14.8 Å². The summed E-state index contributed by atoms with van der Waals surface area (Å²) in [4.78, 5) is 26.5. The number of anilines is 1. The predicted octanol–water partition coefficient (Wildman–Crippen LogP) is 4.31. The molecule has 0 fully saturated rings. The number of hydrogen-bond donors (Lipinski definition) is 1. The first-order valence-electron chi connectivity index (χ1n) is 11.2. The van der Waals surface area contributed by atoms with Gasteiger partial charge in [-0.2, -0.15) is 5.10 Å². The van der Waals surface area contributed by atoms with Crippen LogP contribution in [0.2, 0.25) is 0 Å². The Morgan fingerprint density at radius 3 is 2.39 bits per heavy atom. The minimum atomic E-state index is -0.815. The number of aryl methyl sites for hydroxylation is 1. The van der Waals surface area contributed by atoms with Crippen molar-refractivity contribution in [3.05, 3.63) is 69.5 Å².